The van der Waals surface area contributed by atoms with Gasteiger partial charge in [-0.2, -0.15) is 26.9 Å². The van der Waals surface area contributed by atoms with E-state index in [1.165, 1.54) is 12.1 Å². The molecule has 1 aliphatic heterocycles. The van der Waals surface area contributed by atoms with Gasteiger partial charge in [-0.3, -0.25) is 4.55 Å². The second kappa shape index (κ2) is 4.10. The molecular formula is C11H9F3N2O3S. The minimum absolute atomic E-state index is 0.0588. The van der Waals surface area contributed by atoms with Crippen LogP contribution in [0, 0.1) is 11.3 Å². The average molecular weight is 306 g/mol. The van der Waals surface area contributed by atoms with Gasteiger partial charge in [-0.15, -0.1) is 0 Å². The maximum atomic E-state index is 13.0. The molecule has 1 atom stereocenters. The molecule has 2 N–H and O–H groups in total. The summed E-state index contributed by atoms with van der Waals surface area (Å²) in [5.41, 5.74) is -2.15. The molecule has 0 radical (unpaired) electrons. The molecule has 2 rings (SSSR count). The normalized spacial score (nSPS) is 22.0. The van der Waals surface area contributed by atoms with Crippen molar-refractivity contribution in [2.75, 3.05) is 5.32 Å². The summed E-state index contributed by atoms with van der Waals surface area (Å²) in [5, 5.41) is 11.1. The van der Waals surface area contributed by atoms with E-state index in [-0.39, 0.29) is 11.3 Å². The molecule has 1 aromatic carbocycles. The Morgan fingerprint density at radius 1 is 1.45 bits per heavy atom. The summed E-state index contributed by atoms with van der Waals surface area (Å²) < 4.78 is 70.8. The Labute approximate surface area is 112 Å². The topological polar surface area (TPSA) is 90.2 Å². The zero-order chi connectivity index (χ0) is 15.3. The molecule has 0 saturated carbocycles. The van der Waals surface area contributed by atoms with E-state index >= 15 is 0 Å². The van der Waals surface area contributed by atoms with Crippen LogP contribution in [0.1, 0.15) is 23.6 Å². The minimum atomic E-state index is -4.79. The van der Waals surface area contributed by atoms with Crippen molar-refractivity contribution in [1.82, 2.24) is 0 Å². The number of hydrogen-bond donors (Lipinski definition) is 2. The SMILES string of the molecule is CC1(S(=O)(=O)O)Cc2c(ccc(C#N)c2C(F)(F)F)N1. The Morgan fingerprint density at radius 2 is 2.05 bits per heavy atom. The van der Waals surface area contributed by atoms with Crippen molar-refractivity contribution in [3.05, 3.63) is 28.8 Å². The van der Waals surface area contributed by atoms with E-state index in [1.807, 2.05) is 0 Å². The number of nitriles is 1. The molecule has 9 heteroatoms. The van der Waals surface area contributed by atoms with Crippen LogP contribution in [0.4, 0.5) is 18.9 Å². The van der Waals surface area contributed by atoms with Crippen LogP contribution in [0.2, 0.25) is 0 Å². The fraction of sp³-hybridized carbons (Fsp3) is 0.364. The maximum absolute atomic E-state index is 13.0. The first-order valence-corrected chi connectivity index (χ1v) is 6.82. The fourth-order valence-electron chi connectivity index (χ4n) is 2.19. The summed E-state index contributed by atoms with van der Waals surface area (Å²) >= 11 is 0. The first-order valence-electron chi connectivity index (χ1n) is 5.38. The summed E-state index contributed by atoms with van der Waals surface area (Å²) in [4.78, 5) is -1.94. The van der Waals surface area contributed by atoms with Crippen LogP contribution < -0.4 is 5.32 Å². The highest BCUT2D eigenvalue weighted by atomic mass is 32.2. The summed E-state index contributed by atoms with van der Waals surface area (Å²) in [6.45, 7) is 1.08. The third-order valence-electron chi connectivity index (χ3n) is 3.20. The van der Waals surface area contributed by atoms with Gasteiger partial charge in [-0.05, 0) is 24.6 Å². The fourth-order valence-corrected chi connectivity index (χ4v) is 2.75. The number of nitrogens with zero attached hydrogens (tertiary/aromatic N) is 1. The minimum Gasteiger partial charge on any atom is -0.364 e. The van der Waals surface area contributed by atoms with Gasteiger partial charge in [0.2, 0.25) is 0 Å². The molecule has 0 aliphatic carbocycles. The predicted molar refractivity (Wildman–Crippen MR) is 63.4 cm³/mol. The van der Waals surface area contributed by atoms with Crippen molar-refractivity contribution >= 4 is 15.8 Å². The molecule has 1 aromatic rings. The number of alkyl halides is 3. The maximum Gasteiger partial charge on any atom is 0.418 e. The van der Waals surface area contributed by atoms with Crippen LogP contribution >= 0.6 is 0 Å². The lowest BCUT2D eigenvalue weighted by molar-refractivity contribution is -0.138. The Kier molecular flexibility index (Phi) is 3.00. The standard InChI is InChI=1S/C11H9F3N2O3S/c1-10(20(17,18)19)4-7-8(16-10)3-2-6(5-15)9(7)11(12,13)14/h2-3,16H,4H2,1H3,(H,17,18,19). The Hall–Kier alpha value is -1.79. The first-order chi connectivity index (χ1) is 8.99. The van der Waals surface area contributed by atoms with Gasteiger partial charge in [-0.1, -0.05) is 0 Å². The van der Waals surface area contributed by atoms with Gasteiger partial charge in [0.1, 0.15) is 0 Å². The van der Waals surface area contributed by atoms with Crippen LogP contribution in [0.3, 0.4) is 0 Å². The van der Waals surface area contributed by atoms with E-state index < -0.39 is 38.7 Å². The number of rotatable bonds is 1. The molecule has 108 valence electrons. The summed E-state index contributed by atoms with van der Waals surface area (Å²) in [6, 6.07) is 3.59. The molecule has 20 heavy (non-hydrogen) atoms. The molecule has 0 saturated heterocycles. The van der Waals surface area contributed by atoms with Crippen molar-refractivity contribution in [3.63, 3.8) is 0 Å². The van der Waals surface area contributed by atoms with Gasteiger partial charge in [-0.25, -0.2) is 0 Å². The predicted octanol–water partition coefficient (Wildman–Crippen LogP) is 2.15. The zero-order valence-electron chi connectivity index (χ0n) is 10.1. The Balaban J connectivity index is 2.68. The van der Waals surface area contributed by atoms with E-state index in [0.717, 1.165) is 13.0 Å². The van der Waals surface area contributed by atoms with Crippen LogP contribution in [0.5, 0.6) is 0 Å². The van der Waals surface area contributed by atoms with Crippen LogP contribution in [0.15, 0.2) is 12.1 Å². The van der Waals surface area contributed by atoms with Crippen LogP contribution in [0.25, 0.3) is 0 Å². The van der Waals surface area contributed by atoms with E-state index in [0.29, 0.717) is 0 Å². The lowest BCUT2D eigenvalue weighted by Crippen LogP contribution is -2.41. The van der Waals surface area contributed by atoms with Gasteiger partial charge < -0.3 is 5.32 Å². The Morgan fingerprint density at radius 3 is 2.50 bits per heavy atom. The summed E-state index contributed by atoms with van der Waals surface area (Å²) in [6.07, 6.45) is -5.37. The highest BCUT2D eigenvalue weighted by Gasteiger charge is 2.48. The number of halogens is 3. The molecule has 0 fully saturated rings. The van der Waals surface area contributed by atoms with Gasteiger partial charge in [0, 0.05) is 12.1 Å². The van der Waals surface area contributed by atoms with Gasteiger partial charge in [0.25, 0.3) is 10.1 Å². The van der Waals surface area contributed by atoms with Crippen LogP contribution in [-0.4, -0.2) is 17.8 Å². The van der Waals surface area contributed by atoms with Gasteiger partial charge in [0.15, 0.2) is 4.87 Å². The lowest BCUT2D eigenvalue weighted by atomic mass is 9.98. The van der Waals surface area contributed by atoms with Gasteiger partial charge in [0.05, 0.1) is 17.2 Å². The van der Waals surface area contributed by atoms with Crippen molar-refractivity contribution < 1.29 is 26.1 Å². The Bertz CT molecular complexity index is 722. The number of anilines is 1. The molecule has 1 heterocycles. The monoisotopic (exact) mass is 306 g/mol. The van der Waals surface area contributed by atoms with Crippen molar-refractivity contribution in [3.8, 4) is 6.07 Å². The smallest absolute Gasteiger partial charge is 0.364 e. The number of nitrogens with one attached hydrogen (secondary N) is 1. The second-order valence-corrected chi connectivity index (χ2v) is 6.48. The summed E-state index contributed by atoms with van der Waals surface area (Å²) in [7, 11) is -4.61. The molecular weight excluding hydrogens is 297 g/mol. The molecule has 0 spiro atoms. The zero-order valence-corrected chi connectivity index (χ0v) is 10.9. The van der Waals surface area contributed by atoms with Crippen LogP contribution in [-0.2, 0) is 22.7 Å². The highest BCUT2D eigenvalue weighted by Crippen LogP contribution is 2.44. The molecule has 0 aromatic heterocycles. The largest absolute Gasteiger partial charge is 0.418 e. The quantitative estimate of drug-likeness (QED) is 0.776. The van der Waals surface area contributed by atoms with Crippen molar-refractivity contribution in [2.45, 2.75) is 24.4 Å². The van der Waals surface area contributed by atoms with Crippen molar-refractivity contribution in [2.24, 2.45) is 0 Å². The highest BCUT2D eigenvalue weighted by molar-refractivity contribution is 7.87. The van der Waals surface area contributed by atoms with Gasteiger partial charge >= 0.3 is 6.18 Å². The number of hydrogen-bond acceptors (Lipinski definition) is 4. The third-order valence-corrected chi connectivity index (χ3v) is 4.58. The first kappa shape index (κ1) is 14.6. The number of benzene rings is 1. The van der Waals surface area contributed by atoms with E-state index in [4.69, 9.17) is 9.81 Å². The molecule has 5 nitrogen and oxygen atoms in total. The molecule has 1 unspecified atom stereocenters. The third kappa shape index (κ3) is 2.10. The van der Waals surface area contributed by atoms with E-state index in [9.17, 15) is 21.6 Å². The lowest BCUT2D eigenvalue weighted by Gasteiger charge is -2.20. The van der Waals surface area contributed by atoms with E-state index in [2.05, 4.69) is 5.32 Å². The molecule has 0 bridgehead atoms. The van der Waals surface area contributed by atoms with Crippen molar-refractivity contribution in [1.29, 1.82) is 5.26 Å². The summed E-state index contributed by atoms with van der Waals surface area (Å²) in [5.74, 6) is 0. The average Bonchev–Trinajstić information content (AvgIpc) is 2.62. The molecule has 0 amide bonds. The number of fused-ring (bicyclic) bond motifs is 1. The van der Waals surface area contributed by atoms with E-state index in [1.54, 1.807) is 0 Å². The second-order valence-electron chi connectivity index (χ2n) is 4.63. The molecule has 1 aliphatic rings.